The van der Waals surface area contributed by atoms with Gasteiger partial charge in [0.05, 0.1) is 31.8 Å². The van der Waals surface area contributed by atoms with Crippen molar-refractivity contribution in [3.8, 4) is 10.6 Å². The van der Waals surface area contributed by atoms with Crippen LogP contribution in [-0.4, -0.2) is 4.98 Å². The molecule has 1 aliphatic carbocycles. The van der Waals surface area contributed by atoms with Crippen molar-refractivity contribution in [2.45, 2.75) is 0 Å². The predicted molar refractivity (Wildman–Crippen MR) is 128 cm³/mol. The zero-order valence-electron chi connectivity index (χ0n) is 15.6. The molecule has 0 atom stereocenters. The molecule has 0 radical (unpaired) electrons. The molecule has 5 rings (SSSR count). The van der Waals surface area contributed by atoms with E-state index in [9.17, 15) is 0 Å². The van der Waals surface area contributed by atoms with Crippen LogP contribution in [0.2, 0.25) is 10.0 Å². The normalized spacial score (nSPS) is 11.9. The van der Waals surface area contributed by atoms with Crippen molar-refractivity contribution in [1.82, 2.24) is 4.98 Å². The zero-order chi connectivity index (χ0) is 20.5. The molecule has 0 unspecified atom stereocenters. The summed E-state index contributed by atoms with van der Waals surface area (Å²) in [4.78, 5) is 10.6. The van der Waals surface area contributed by atoms with E-state index >= 15 is 0 Å². The van der Waals surface area contributed by atoms with Gasteiger partial charge in [0.2, 0.25) is 0 Å². The third-order valence-corrected chi connectivity index (χ3v) is 6.18. The zero-order valence-corrected chi connectivity index (χ0v) is 18.0. The van der Waals surface area contributed by atoms with Gasteiger partial charge in [0, 0.05) is 21.4 Å². The fourth-order valence-corrected chi connectivity index (χ4v) is 4.42. The van der Waals surface area contributed by atoms with Gasteiger partial charge in [-0.1, -0.05) is 23.2 Å². The van der Waals surface area contributed by atoms with Crippen LogP contribution >= 0.6 is 34.5 Å². The highest BCUT2D eigenvalue weighted by molar-refractivity contribution is 7.21. The third-order valence-electron chi connectivity index (χ3n) is 4.58. The van der Waals surface area contributed by atoms with E-state index < -0.39 is 0 Å². The molecule has 2 aliphatic rings. The molecule has 3 nitrogen and oxygen atoms in total. The number of anilines is 2. The minimum absolute atomic E-state index is 0.702. The lowest BCUT2D eigenvalue weighted by molar-refractivity contribution is 1.32. The Morgan fingerprint density at radius 3 is 2.20 bits per heavy atom. The van der Waals surface area contributed by atoms with Gasteiger partial charge in [-0.25, -0.2) is 9.98 Å². The molecule has 3 aromatic rings. The van der Waals surface area contributed by atoms with E-state index in [0.29, 0.717) is 5.02 Å². The lowest BCUT2D eigenvalue weighted by Gasteiger charge is -2.10. The largest absolute Gasteiger partial charge is 0.355 e. The maximum Gasteiger partial charge on any atom is 0.0811 e. The Bertz CT molecular complexity index is 1380. The summed E-state index contributed by atoms with van der Waals surface area (Å²) in [5.74, 6) is 0. The number of nitrogens with zero attached hydrogens (tertiary/aromatic N) is 2. The Balaban J connectivity index is 1.53. The Hall–Kier alpha value is -2.92. The lowest BCUT2D eigenvalue weighted by Crippen LogP contribution is -2.01. The van der Waals surface area contributed by atoms with E-state index in [0.717, 1.165) is 48.2 Å². The summed E-state index contributed by atoms with van der Waals surface area (Å²) >= 11 is 13.6. The molecule has 30 heavy (non-hydrogen) atoms. The van der Waals surface area contributed by atoms with Gasteiger partial charge in [-0.2, -0.15) is 0 Å². The van der Waals surface area contributed by atoms with Gasteiger partial charge in [0.1, 0.15) is 0 Å². The maximum absolute atomic E-state index is 5.97. The number of hydrogen-bond donors (Lipinski definition) is 1. The van der Waals surface area contributed by atoms with Crippen molar-refractivity contribution in [2.75, 3.05) is 5.32 Å². The first-order valence-corrected chi connectivity index (χ1v) is 10.9. The summed E-state index contributed by atoms with van der Waals surface area (Å²) in [5, 5.41) is 5.72. The molecule has 0 bridgehead atoms. The highest BCUT2D eigenvalue weighted by Gasteiger charge is 2.08. The van der Waals surface area contributed by atoms with Crippen molar-refractivity contribution >= 4 is 61.8 Å². The number of nitrogens with one attached hydrogen (secondary N) is 1. The molecule has 1 heterocycles. The summed E-state index contributed by atoms with van der Waals surface area (Å²) in [5.41, 5.74) is 4.79. The molecule has 3 aromatic carbocycles. The second-order valence-corrected chi connectivity index (χ2v) is 8.73. The van der Waals surface area contributed by atoms with Gasteiger partial charge in [-0.3, -0.25) is 0 Å². The fraction of sp³-hybridized carbons (Fsp3) is 0. The van der Waals surface area contributed by atoms with Gasteiger partial charge in [-0.15, -0.1) is 11.3 Å². The molecule has 146 valence electrons. The molecule has 0 aromatic heterocycles. The van der Waals surface area contributed by atoms with Crippen LogP contribution < -0.4 is 10.7 Å². The lowest BCUT2D eigenvalue weighted by atomic mass is 10.2. The molecule has 0 saturated heterocycles. The predicted octanol–water partition coefficient (Wildman–Crippen LogP) is 7.68. The fourth-order valence-electron chi connectivity index (χ4n) is 3.13. The number of rotatable bonds is 3. The molecule has 0 spiro atoms. The summed E-state index contributed by atoms with van der Waals surface area (Å²) < 4.78 is 1.10. The van der Waals surface area contributed by atoms with E-state index in [2.05, 4.69) is 17.4 Å². The molecule has 0 saturated carbocycles. The van der Waals surface area contributed by atoms with Gasteiger partial charge in [-0.05, 0) is 84.9 Å². The van der Waals surface area contributed by atoms with Crippen LogP contribution in [0.25, 0.3) is 20.8 Å². The molecule has 0 fully saturated rings. The molecule has 1 N–H and O–H groups in total. The van der Waals surface area contributed by atoms with E-state index in [1.54, 1.807) is 11.3 Å². The van der Waals surface area contributed by atoms with Crippen molar-refractivity contribution in [1.29, 1.82) is 0 Å². The van der Waals surface area contributed by atoms with Crippen molar-refractivity contribution in [3.05, 3.63) is 100 Å². The number of fused-ring (bicyclic) bond motifs is 2. The first kappa shape index (κ1) is 19.1. The Morgan fingerprint density at radius 2 is 1.43 bits per heavy atom. The van der Waals surface area contributed by atoms with E-state index in [1.165, 1.54) is 0 Å². The monoisotopic (exact) mass is 447 g/mol. The molecular formula is C24H15Cl2N3S. The first-order chi connectivity index (χ1) is 14.6. The molecule has 0 amide bonds. The summed E-state index contributed by atoms with van der Waals surface area (Å²) in [6.45, 7) is 0. The molecular weight excluding hydrogens is 433 g/mol. The van der Waals surface area contributed by atoms with Crippen molar-refractivity contribution in [2.24, 2.45) is 4.99 Å². The Kier molecular flexibility index (Phi) is 5.13. The number of aromatic nitrogens is 1. The standard InChI is InChI=1S/C24H15Cl2N3S/c25-15-1-5-17(6-2-15)27-19-9-11-21-23(13-19)30-24-14-20(10-12-22(24)29-21)28-18-7-3-16(26)4-8-18/h1-14,27H. The average molecular weight is 448 g/mol. The minimum Gasteiger partial charge on any atom is -0.355 e. The molecule has 1 aliphatic heterocycles. The number of halogens is 2. The van der Waals surface area contributed by atoms with E-state index in [-0.39, 0.29) is 0 Å². The average Bonchev–Trinajstić information content (AvgIpc) is 2.75. The van der Waals surface area contributed by atoms with Gasteiger partial charge in [0.25, 0.3) is 0 Å². The first-order valence-electron chi connectivity index (χ1n) is 9.30. The Labute approximate surface area is 187 Å². The van der Waals surface area contributed by atoms with Crippen molar-refractivity contribution in [3.63, 3.8) is 0 Å². The quantitative estimate of drug-likeness (QED) is 0.287. The van der Waals surface area contributed by atoms with Crippen LogP contribution in [-0.2, 0) is 0 Å². The highest BCUT2D eigenvalue weighted by atomic mass is 35.5. The number of hydrogen-bond acceptors (Lipinski definition) is 4. The summed E-state index contributed by atoms with van der Waals surface area (Å²) in [6, 6.07) is 27.4. The van der Waals surface area contributed by atoms with Gasteiger partial charge in [0.15, 0.2) is 0 Å². The van der Waals surface area contributed by atoms with E-state index in [4.69, 9.17) is 33.2 Å². The third kappa shape index (κ3) is 4.17. The minimum atomic E-state index is 0.702. The van der Waals surface area contributed by atoms with Crippen LogP contribution in [0.1, 0.15) is 0 Å². The van der Waals surface area contributed by atoms with Crippen LogP contribution in [0.4, 0.5) is 17.1 Å². The van der Waals surface area contributed by atoms with E-state index in [1.807, 2.05) is 72.8 Å². The molecule has 6 heteroatoms. The second-order valence-electron chi connectivity index (χ2n) is 6.77. The van der Waals surface area contributed by atoms with Crippen LogP contribution in [0.15, 0.2) is 89.9 Å². The summed E-state index contributed by atoms with van der Waals surface area (Å²) in [7, 11) is 0. The number of benzene rings is 4. The highest BCUT2D eigenvalue weighted by Crippen LogP contribution is 2.32. The van der Waals surface area contributed by atoms with Crippen molar-refractivity contribution < 1.29 is 0 Å². The maximum atomic E-state index is 5.97. The van der Waals surface area contributed by atoms with Gasteiger partial charge < -0.3 is 5.32 Å². The smallest absolute Gasteiger partial charge is 0.0811 e. The second kappa shape index (κ2) is 8.07. The SMILES string of the molecule is Clc1ccc(N=c2ccc3nc4ccc(Nc5ccc(Cl)cc5)cc4sc-3c2)cc1. The Morgan fingerprint density at radius 1 is 0.733 bits per heavy atom. The van der Waals surface area contributed by atoms with Crippen LogP contribution in [0.5, 0.6) is 0 Å². The summed E-state index contributed by atoms with van der Waals surface area (Å²) in [6.07, 6.45) is 0. The van der Waals surface area contributed by atoms with Crippen LogP contribution in [0.3, 0.4) is 0 Å². The topological polar surface area (TPSA) is 37.3 Å². The van der Waals surface area contributed by atoms with Gasteiger partial charge >= 0.3 is 0 Å². The van der Waals surface area contributed by atoms with Crippen LogP contribution in [0, 0.1) is 0 Å².